The van der Waals surface area contributed by atoms with Gasteiger partial charge in [-0.15, -0.1) is 11.8 Å². The largest absolute Gasteiger partial charge is 0.465 e. The van der Waals surface area contributed by atoms with Crippen LogP contribution in [0.1, 0.15) is 27.4 Å². The minimum atomic E-state index is -0.318. The van der Waals surface area contributed by atoms with E-state index >= 15 is 0 Å². The fraction of sp³-hybridized carbons (Fsp3) is 0.333. The van der Waals surface area contributed by atoms with Crippen molar-refractivity contribution in [2.45, 2.75) is 17.7 Å². The molecule has 1 aliphatic heterocycles. The van der Waals surface area contributed by atoms with Crippen LogP contribution in [0.3, 0.4) is 0 Å². The van der Waals surface area contributed by atoms with Crippen molar-refractivity contribution in [2.24, 2.45) is 0 Å². The van der Waals surface area contributed by atoms with E-state index in [9.17, 15) is 4.79 Å². The van der Waals surface area contributed by atoms with Crippen LogP contribution < -0.4 is 0 Å². The first kappa shape index (κ1) is 11.0. The summed E-state index contributed by atoms with van der Waals surface area (Å²) >= 11 is 1.62. The number of carbonyl (C=O) groups is 1. The quantitative estimate of drug-likeness (QED) is 0.699. The van der Waals surface area contributed by atoms with Crippen LogP contribution in [0, 0.1) is 18.3 Å². The lowest BCUT2D eigenvalue weighted by Crippen LogP contribution is -2.05. The first-order valence-corrected chi connectivity index (χ1v) is 5.91. The molecule has 16 heavy (non-hydrogen) atoms. The van der Waals surface area contributed by atoms with Crippen molar-refractivity contribution >= 4 is 17.7 Å². The minimum absolute atomic E-state index is 0.0506. The zero-order chi connectivity index (χ0) is 11.7. The predicted molar refractivity (Wildman–Crippen MR) is 61.6 cm³/mol. The standard InChI is InChI=1S/C12H11NO2S/c1-7-3-10-8(5-13)6-16-11(10)4-9(7)12(14)15-2/h3-4,8H,6H2,1-2H3. The number of hydrogen-bond acceptors (Lipinski definition) is 4. The van der Waals surface area contributed by atoms with Crippen LogP contribution in [0.2, 0.25) is 0 Å². The van der Waals surface area contributed by atoms with Crippen molar-refractivity contribution in [1.82, 2.24) is 0 Å². The monoisotopic (exact) mass is 233 g/mol. The maximum Gasteiger partial charge on any atom is 0.338 e. The van der Waals surface area contributed by atoms with Gasteiger partial charge in [-0.25, -0.2) is 4.79 Å². The highest BCUT2D eigenvalue weighted by molar-refractivity contribution is 7.99. The Morgan fingerprint density at radius 3 is 3.00 bits per heavy atom. The van der Waals surface area contributed by atoms with Gasteiger partial charge in [0.1, 0.15) is 0 Å². The smallest absolute Gasteiger partial charge is 0.338 e. The molecule has 1 unspecified atom stereocenters. The molecule has 2 rings (SSSR count). The van der Waals surface area contributed by atoms with Crippen molar-refractivity contribution in [1.29, 1.82) is 5.26 Å². The summed E-state index contributed by atoms with van der Waals surface area (Å²) in [5, 5.41) is 8.97. The van der Waals surface area contributed by atoms with E-state index in [1.54, 1.807) is 11.8 Å². The Balaban J connectivity index is 2.49. The second kappa shape index (κ2) is 4.18. The molecular weight excluding hydrogens is 222 g/mol. The highest BCUT2D eigenvalue weighted by Gasteiger charge is 2.25. The second-order valence-electron chi connectivity index (χ2n) is 3.69. The fourth-order valence-electron chi connectivity index (χ4n) is 1.81. The molecule has 0 N–H and O–H groups in total. The lowest BCUT2D eigenvalue weighted by molar-refractivity contribution is 0.0599. The topological polar surface area (TPSA) is 50.1 Å². The Kier molecular flexibility index (Phi) is 2.88. The van der Waals surface area contributed by atoms with E-state index in [-0.39, 0.29) is 11.9 Å². The molecule has 0 spiro atoms. The molecule has 0 aromatic heterocycles. The number of nitrogens with zero attached hydrogens (tertiary/aromatic N) is 1. The molecule has 1 atom stereocenters. The van der Waals surface area contributed by atoms with Crippen LogP contribution in [0.5, 0.6) is 0 Å². The number of hydrogen-bond donors (Lipinski definition) is 0. The Morgan fingerprint density at radius 2 is 2.38 bits per heavy atom. The first-order chi connectivity index (χ1) is 7.67. The number of benzene rings is 1. The molecule has 1 aromatic rings. The average molecular weight is 233 g/mol. The van der Waals surface area contributed by atoms with Gasteiger partial charge in [0.15, 0.2) is 0 Å². The van der Waals surface area contributed by atoms with E-state index in [0.29, 0.717) is 5.56 Å². The molecule has 0 aliphatic carbocycles. The van der Waals surface area contributed by atoms with Crippen LogP contribution in [-0.2, 0) is 4.74 Å². The Labute approximate surface area is 98.4 Å². The third-order valence-corrected chi connectivity index (χ3v) is 3.86. The van der Waals surface area contributed by atoms with Crippen LogP contribution in [0.25, 0.3) is 0 Å². The number of rotatable bonds is 1. The number of methoxy groups -OCH3 is 1. The van der Waals surface area contributed by atoms with Gasteiger partial charge in [0.25, 0.3) is 0 Å². The molecule has 1 aromatic carbocycles. The van der Waals surface area contributed by atoms with Gasteiger partial charge in [-0.05, 0) is 24.1 Å². The molecule has 3 nitrogen and oxygen atoms in total. The molecule has 82 valence electrons. The van der Waals surface area contributed by atoms with Crippen molar-refractivity contribution < 1.29 is 9.53 Å². The Bertz CT molecular complexity index is 491. The molecule has 1 aliphatic rings. The zero-order valence-electron chi connectivity index (χ0n) is 9.11. The summed E-state index contributed by atoms with van der Waals surface area (Å²) < 4.78 is 4.72. The summed E-state index contributed by atoms with van der Waals surface area (Å²) in [5.74, 6) is 0.405. The fourth-order valence-corrected chi connectivity index (χ4v) is 2.98. The summed E-state index contributed by atoms with van der Waals surface area (Å²) in [4.78, 5) is 12.5. The maximum atomic E-state index is 11.5. The van der Waals surface area contributed by atoms with Crippen LogP contribution >= 0.6 is 11.8 Å². The predicted octanol–water partition coefficient (Wildman–Crippen LogP) is 2.49. The minimum Gasteiger partial charge on any atom is -0.465 e. The summed E-state index contributed by atoms with van der Waals surface area (Å²) in [7, 11) is 1.38. The second-order valence-corrected chi connectivity index (χ2v) is 4.75. The SMILES string of the molecule is COC(=O)c1cc2c(cc1C)C(C#N)CS2. The molecular formula is C12H11NO2S. The number of aryl methyl sites for hydroxylation is 1. The summed E-state index contributed by atoms with van der Waals surface area (Å²) in [5.41, 5.74) is 2.50. The lowest BCUT2D eigenvalue weighted by Gasteiger charge is -2.07. The molecule has 0 amide bonds. The molecule has 0 bridgehead atoms. The number of nitriles is 1. The van der Waals surface area contributed by atoms with Gasteiger partial charge in [-0.2, -0.15) is 5.26 Å². The highest BCUT2D eigenvalue weighted by Crippen LogP contribution is 2.40. The van der Waals surface area contributed by atoms with Gasteiger partial charge < -0.3 is 4.74 Å². The van der Waals surface area contributed by atoms with Gasteiger partial charge in [0, 0.05) is 10.6 Å². The molecule has 0 saturated heterocycles. The van der Waals surface area contributed by atoms with E-state index in [2.05, 4.69) is 6.07 Å². The lowest BCUT2D eigenvalue weighted by atomic mass is 9.98. The van der Waals surface area contributed by atoms with E-state index in [1.165, 1.54) is 7.11 Å². The number of thioether (sulfide) groups is 1. The van der Waals surface area contributed by atoms with Gasteiger partial charge in [-0.1, -0.05) is 6.07 Å². The van der Waals surface area contributed by atoms with Gasteiger partial charge in [0.2, 0.25) is 0 Å². The van der Waals surface area contributed by atoms with Crippen LogP contribution in [-0.4, -0.2) is 18.8 Å². The summed E-state index contributed by atoms with van der Waals surface area (Å²) in [6, 6.07) is 6.03. The van der Waals surface area contributed by atoms with Crippen LogP contribution in [0.15, 0.2) is 17.0 Å². The molecule has 0 saturated carbocycles. The maximum absolute atomic E-state index is 11.5. The number of fused-ring (bicyclic) bond motifs is 1. The van der Waals surface area contributed by atoms with Gasteiger partial charge in [-0.3, -0.25) is 0 Å². The summed E-state index contributed by atoms with van der Waals surface area (Å²) in [6.45, 7) is 1.87. The zero-order valence-corrected chi connectivity index (χ0v) is 9.93. The van der Waals surface area contributed by atoms with Crippen molar-refractivity contribution in [2.75, 3.05) is 12.9 Å². The highest BCUT2D eigenvalue weighted by atomic mass is 32.2. The normalized spacial score (nSPS) is 17.7. The molecule has 4 heteroatoms. The Hall–Kier alpha value is -1.47. The number of esters is 1. The number of ether oxygens (including phenoxy) is 1. The Morgan fingerprint density at radius 1 is 1.62 bits per heavy atom. The van der Waals surface area contributed by atoms with Gasteiger partial charge in [0.05, 0.1) is 24.7 Å². The van der Waals surface area contributed by atoms with Gasteiger partial charge >= 0.3 is 5.97 Å². The van der Waals surface area contributed by atoms with E-state index in [4.69, 9.17) is 10.00 Å². The third-order valence-electron chi connectivity index (χ3n) is 2.70. The third kappa shape index (κ3) is 1.68. The average Bonchev–Trinajstić information content (AvgIpc) is 2.69. The van der Waals surface area contributed by atoms with E-state index < -0.39 is 0 Å². The van der Waals surface area contributed by atoms with Crippen molar-refractivity contribution in [3.05, 3.63) is 28.8 Å². The van der Waals surface area contributed by atoms with E-state index in [1.807, 2.05) is 19.1 Å². The molecule has 0 fully saturated rings. The van der Waals surface area contributed by atoms with Crippen molar-refractivity contribution in [3.8, 4) is 6.07 Å². The summed E-state index contributed by atoms with van der Waals surface area (Å²) in [6.07, 6.45) is 0. The van der Waals surface area contributed by atoms with E-state index in [0.717, 1.165) is 21.8 Å². The van der Waals surface area contributed by atoms with Crippen molar-refractivity contribution in [3.63, 3.8) is 0 Å². The molecule has 0 radical (unpaired) electrons. The first-order valence-electron chi connectivity index (χ1n) is 4.92. The number of carbonyl (C=O) groups excluding carboxylic acids is 1. The molecule has 1 heterocycles. The van der Waals surface area contributed by atoms with Crippen LogP contribution in [0.4, 0.5) is 0 Å².